The fourth-order valence-electron chi connectivity index (χ4n) is 2.60. The molecular weight excluding hydrogens is 393 g/mol. The lowest BCUT2D eigenvalue weighted by Crippen LogP contribution is -2.35. The molecule has 1 aliphatic heterocycles. The van der Waals surface area contributed by atoms with Crippen LogP contribution in [0.1, 0.15) is 11.1 Å². The van der Waals surface area contributed by atoms with Gasteiger partial charge in [-0.2, -0.15) is 0 Å². The monoisotopic (exact) mass is 409 g/mol. The zero-order valence-corrected chi connectivity index (χ0v) is 15.2. The predicted molar refractivity (Wildman–Crippen MR) is 101 cm³/mol. The molecule has 5 N–H and O–H groups in total. The summed E-state index contributed by atoms with van der Waals surface area (Å²) in [6.45, 7) is 0.428. The van der Waals surface area contributed by atoms with Crippen LogP contribution in [0.15, 0.2) is 42.5 Å². The summed E-state index contributed by atoms with van der Waals surface area (Å²) in [5, 5.41) is 31.1. The number of benzodiazepines with no additional fused rings is 1. The second kappa shape index (κ2) is 9.16. The normalized spacial score (nSPS) is 15.5. The van der Waals surface area contributed by atoms with Crippen LogP contribution in [0.3, 0.4) is 0 Å². The molecule has 0 amide bonds. The molecule has 0 aliphatic carbocycles. The quantitative estimate of drug-likeness (QED) is 0.336. The maximum atomic E-state index is 14.2. The second-order valence-corrected chi connectivity index (χ2v) is 6.20. The van der Waals surface area contributed by atoms with E-state index in [2.05, 4.69) is 5.32 Å². The molecule has 0 spiro atoms. The van der Waals surface area contributed by atoms with E-state index < -0.39 is 17.8 Å². The summed E-state index contributed by atoms with van der Waals surface area (Å²) in [4.78, 5) is 18.2. The van der Waals surface area contributed by atoms with E-state index in [9.17, 15) is 9.60 Å². The summed E-state index contributed by atoms with van der Waals surface area (Å²) < 4.78 is 15.0. The number of hydroxylamine groups is 1. The number of anilines is 1. The second-order valence-electron chi connectivity index (χ2n) is 5.77. The number of halogens is 2. The van der Waals surface area contributed by atoms with Crippen LogP contribution in [0.5, 0.6) is 0 Å². The van der Waals surface area contributed by atoms with Gasteiger partial charge < -0.3 is 26.5 Å². The Hall–Kier alpha value is -3.17. The number of rotatable bonds is 2. The van der Waals surface area contributed by atoms with Crippen LogP contribution in [-0.4, -0.2) is 51.7 Å². The number of carboxylic acid groups (broad SMARTS) is 2. The molecule has 1 heterocycles. The highest BCUT2D eigenvalue weighted by molar-refractivity contribution is 6.31. The van der Waals surface area contributed by atoms with Crippen LogP contribution in [-0.2, 0) is 9.59 Å². The van der Waals surface area contributed by atoms with Crippen molar-refractivity contribution < 1.29 is 28.9 Å². The van der Waals surface area contributed by atoms with Gasteiger partial charge in [-0.3, -0.25) is 0 Å². The van der Waals surface area contributed by atoms with E-state index in [0.717, 1.165) is 10.4 Å². The first-order valence-electron chi connectivity index (χ1n) is 8.03. The Morgan fingerprint density at radius 3 is 2.43 bits per heavy atom. The molecule has 28 heavy (non-hydrogen) atoms. The Labute approximate surface area is 164 Å². The zero-order chi connectivity index (χ0) is 20.8. The number of nitrogens with two attached hydrogens (primary N) is 1. The highest BCUT2D eigenvalue weighted by Crippen LogP contribution is 2.27. The van der Waals surface area contributed by atoms with Crippen molar-refractivity contribution in [2.24, 2.45) is 5.73 Å². The van der Waals surface area contributed by atoms with Crippen molar-refractivity contribution in [1.29, 1.82) is 0 Å². The van der Waals surface area contributed by atoms with Crippen molar-refractivity contribution in [3.63, 3.8) is 0 Å². The molecule has 2 aromatic carbocycles. The van der Waals surface area contributed by atoms with Gasteiger partial charge in [0.15, 0.2) is 6.54 Å². The third kappa shape index (κ3) is 4.96. The minimum absolute atomic E-state index is 0.131. The molecule has 148 valence electrons. The van der Waals surface area contributed by atoms with Gasteiger partial charge in [0.05, 0.1) is 17.2 Å². The van der Waals surface area contributed by atoms with E-state index in [0.29, 0.717) is 17.1 Å². The summed E-state index contributed by atoms with van der Waals surface area (Å²) in [5.41, 5.74) is 7.50. The van der Waals surface area contributed by atoms with Gasteiger partial charge in [-0.15, -0.1) is 0 Å². The Morgan fingerprint density at radius 1 is 1.21 bits per heavy atom. The van der Waals surface area contributed by atoms with Gasteiger partial charge in [-0.1, -0.05) is 23.7 Å². The average molecular weight is 410 g/mol. The molecule has 0 saturated carbocycles. The van der Waals surface area contributed by atoms with E-state index in [1.54, 1.807) is 36.4 Å². The van der Waals surface area contributed by atoms with Crippen LogP contribution in [0, 0.1) is 11.0 Å². The molecule has 0 aromatic heterocycles. The summed E-state index contributed by atoms with van der Waals surface area (Å²) in [7, 11) is 0. The highest BCUT2D eigenvalue weighted by Gasteiger charge is 2.28. The number of carbonyl (C=O) groups is 2. The Bertz CT molecular complexity index is 923. The lowest BCUT2D eigenvalue weighted by atomic mass is 10.00. The van der Waals surface area contributed by atoms with Gasteiger partial charge in [0.1, 0.15) is 5.82 Å². The van der Waals surface area contributed by atoms with Crippen molar-refractivity contribution in [2.45, 2.75) is 6.04 Å². The van der Waals surface area contributed by atoms with Crippen molar-refractivity contribution in [1.82, 2.24) is 0 Å². The molecule has 0 saturated heterocycles. The highest BCUT2D eigenvalue weighted by atomic mass is 35.5. The van der Waals surface area contributed by atoms with Crippen LogP contribution < -0.4 is 11.1 Å². The minimum Gasteiger partial charge on any atom is -0.623 e. The predicted octanol–water partition coefficient (Wildman–Crippen LogP) is 1.74. The van der Waals surface area contributed by atoms with Crippen molar-refractivity contribution in [2.75, 3.05) is 18.4 Å². The first kappa shape index (κ1) is 21.1. The molecule has 8 nitrogen and oxygen atoms in total. The molecule has 0 fully saturated rings. The molecule has 3 rings (SSSR count). The van der Waals surface area contributed by atoms with Gasteiger partial charge in [0.2, 0.25) is 5.71 Å². The lowest BCUT2D eigenvalue weighted by Gasteiger charge is -2.14. The molecule has 1 aliphatic rings. The first-order chi connectivity index (χ1) is 13.2. The number of hydrogen-bond donors (Lipinski definition) is 4. The van der Waals surface area contributed by atoms with Crippen molar-refractivity contribution in [3.05, 3.63) is 69.6 Å². The number of carboxylic acids is 2. The van der Waals surface area contributed by atoms with E-state index in [4.69, 9.17) is 37.1 Å². The van der Waals surface area contributed by atoms with Gasteiger partial charge in [-0.25, -0.2) is 18.7 Å². The zero-order valence-electron chi connectivity index (χ0n) is 14.4. The van der Waals surface area contributed by atoms with Gasteiger partial charge in [0, 0.05) is 17.3 Å². The molecular formula is C18H17ClFN3O5. The molecule has 0 radical (unpaired) electrons. The maximum Gasteiger partial charge on any atom is 0.414 e. The van der Waals surface area contributed by atoms with E-state index in [1.165, 1.54) is 6.07 Å². The topological polar surface area (TPSA) is 139 Å². The van der Waals surface area contributed by atoms with Gasteiger partial charge in [0.25, 0.3) is 0 Å². The number of nitrogens with one attached hydrogen (secondary N) is 1. The van der Waals surface area contributed by atoms with E-state index in [-0.39, 0.29) is 23.9 Å². The third-order valence-electron chi connectivity index (χ3n) is 3.83. The summed E-state index contributed by atoms with van der Waals surface area (Å²) in [6.07, 6.45) is 0. The smallest absolute Gasteiger partial charge is 0.414 e. The Kier molecular flexibility index (Phi) is 6.91. The average Bonchev–Trinajstić information content (AvgIpc) is 2.78. The van der Waals surface area contributed by atoms with Crippen molar-refractivity contribution >= 4 is 34.9 Å². The minimum atomic E-state index is -1.82. The molecule has 1 unspecified atom stereocenters. The largest absolute Gasteiger partial charge is 0.623 e. The number of hydrogen-bond acceptors (Lipinski definition) is 5. The van der Waals surface area contributed by atoms with Gasteiger partial charge in [-0.05, 0) is 30.3 Å². The standard InChI is InChI=1S/C16H15ClFN3O.C2H2O4/c17-10-5-6-15-13(7-10)16(12-3-1-2-4-14(12)18)21(22)9-11(8-19)20-15;3-1(4)2(5)6/h1-7,11,20H,8-9,19H2;(H,3,4)(H,5,6). The molecule has 10 heteroatoms. The number of benzene rings is 2. The SMILES string of the molecule is NCC1C[N+]([O-])=C(c2ccccc2F)c2cc(Cl)ccc2N1.O=C(O)C(=O)O. The fourth-order valence-corrected chi connectivity index (χ4v) is 2.77. The molecule has 0 bridgehead atoms. The molecule has 2 aromatic rings. The number of fused-ring (bicyclic) bond motifs is 1. The summed E-state index contributed by atoms with van der Waals surface area (Å²) >= 11 is 6.06. The van der Waals surface area contributed by atoms with E-state index in [1.807, 2.05) is 0 Å². The van der Waals surface area contributed by atoms with E-state index >= 15 is 0 Å². The van der Waals surface area contributed by atoms with Crippen molar-refractivity contribution in [3.8, 4) is 0 Å². The fraction of sp³-hybridized carbons (Fsp3) is 0.167. The Balaban J connectivity index is 0.000000409. The summed E-state index contributed by atoms with van der Waals surface area (Å²) in [5.74, 6) is -4.10. The van der Waals surface area contributed by atoms with Crippen LogP contribution in [0.25, 0.3) is 0 Å². The van der Waals surface area contributed by atoms with Crippen LogP contribution >= 0.6 is 11.6 Å². The molecule has 1 atom stereocenters. The summed E-state index contributed by atoms with van der Waals surface area (Å²) in [6, 6.07) is 11.1. The Morgan fingerprint density at radius 2 is 1.86 bits per heavy atom. The van der Waals surface area contributed by atoms with Gasteiger partial charge >= 0.3 is 11.9 Å². The van der Waals surface area contributed by atoms with Crippen LogP contribution in [0.2, 0.25) is 5.02 Å². The maximum absolute atomic E-state index is 14.2. The lowest BCUT2D eigenvalue weighted by molar-refractivity contribution is -0.457. The van der Waals surface area contributed by atoms with Crippen LogP contribution in [0.4, 0.5) is 10.1 Å². The number of aliphatic carboxylic acids is 2. The number of nitrogens with zero attached hydrogens (tertiary/aromatic N) is 1. The third-order valence-corrected chi connectivity index (χ3v) is 4.06. The first-order valence-corrected chi connectivity index (χ1v) is 8.41.